The quantitative estimate of drug-likeness (QED) is 0.889. The normalized spacial score (nSPS) is 13.7. The van der Waals surface area contributed by atoms with Gasteiger partial charge in [-0.3, -0.25) is 4.79 Å². The van der Waals surface area contributed by atoms with Crippen molar-refractivity contribution in [2.75, 3.05) is 18.9 Å². The molecule has 0 aromatic heterocycles. The SMILES string of the molecule is CN(CC(=O)Nc1ccc2c(c1)CCC2)S(=O)(=O)c1ccc(F)cc1. The van der Waals surface area contributed by atoms with E-state index in [2.05, 4.69) is 5.32 Å². The van der Waals surface area contributed by atoms with Crippen molar-refractivity contribution in [3.05, 3.63) is 59.4 Å². The standard InChI is InChI=1S/C18H19FN2O3S/c1-21(25(23,24)17-9-6-15(19)7-10-17)12-18(22)20-16-8-5-13-3-2-4-14(13)11-16/h5-11H,2-4,12H2,1H3,(H,20,22). The Hall–Kier alpha value is -2.25. The fourth-order valence-electron chi connectivity index (χ4n) is 2.92. The number of likely N-dealkylation sites (N-methyl/N-ethyl adjacent to an activating group) is 1. The molecule has 2 aromatic carbocycles. The lowest BCUT2D eigenvalue weighted by Crippen LogP contribution is -2.35. The van der Waals surface area contributed by atoms with E-state index in [-0.39, 0.29) is 11.4 Å². The molecule has 1 N–H and O–H groups in total. The first kappa shape index (κ1) is 17.6. The molecule has 132 valence electrons. The molecule has 0 aliphatic heterocycles. The maximum atomic E-state index is 13.0. The van der Waals surface area contributed by atoms with Crippen molar-refractivity contribution in [2.45, 2.75) is 24.2 Å². The maximum absolute atomic E-state index is 13.0. The van der Waals surface area contributed by atoms with Crippen LogP contribution in [0, 0.1) is 5.82 Å². The van der Waals surface area contributed by atoms with Gasteiger partial charge in [0.1, 0.15) is 5.82 Å². The number of hydrogen-bond donors (Lipinski definition) is 1. The number of amides is 1. The van der Waals surface area contributed by atoms with Crippen LogP contribution in [0.25, 0.3) is 0 Å². The lowest BCUT2D eigenvalue weighted by molar-refractivity contribution is -0.116. The highest BCUT2D eigenvalue weighted by Crippen LogP contribution is 2.25. The number of anilines is 1. The Morgan fingerprint density at radius 1 is 1.12 bits per heavy atom. The van der Waals surface area contributed by atoms with E-state index in [4.69, 9.17) is 0 Å². The van der Waals surface area contributed by atoms with Gasteiger partial charge in [0.15, 0.2) is 0 Å². The van der Waals surface area contributed by atoms with Crippen LogP contribution in [0.1, 0.15) is 17.5 Å². The van der Waals surface area contributed by atoms with Crippen molar-refractivity contribution in [3.8, 4) is 0 Å². The minimum absolute atomic E-state index is 0.0540. The number of nitrogens with zero attached hydrogens (tertiary/aromatic N) is 1. The number of benzene rings is 2. The van der Waals surface area contributed by atoms with Crippen LogP contribution in [-0.2, 0) is 27.7 Å². The van der Waals surface area contributed by atoms with Gasteiger partial charge in [0, 0.05) is 12.7 Å². The molecule has 7 heteroatoms. The number of halogens is 1. The second-order valence-electron chi connectivity index (χ2n) is 6.10. The van der Waals surface area contributed by atoms with Gasteiger partial charge in [0.05, 0.1) is 11.4 Å². The minimum Gasteiger partial charge on any atom is -0.325 e. The number of hydrogen-bond acceptors (Lipinski definition) is 3. The zero-order valence-corrected chi connectivity index (χ0v) is 14.6. The summed E-state index contributed by atoms with van der Waals surface area (Å²) in [4.78, 5) is 12.1. The molecule has 2 aromatic rings. The smallest absolute Gasteiger partial charge is 0.243 e. The molecule has 0 saturated heterocycles. The van der Waals surface area contributed by atoms with Gasteiger partial charge >= 0.3 is 0 Å². The first-order valence-corrected chi connectivity index (χ1v) is 9.44. The number of carbonyl (C=O) groups is 1. The third-order valence-corrected chi connectivity index (χ3v) is 6.09. The van der Waals surface area contributed by atoms with E-state index in [9.17, 15) is 17.6 Å². The summed E-state index contributed by atoms with van der Waals surface area (Å²) in [6.45, 7) is -0.323. The first-order chi connectivity index (χ1) is 11.9. The summed E-state index contributed by atoms with van der Waals surface area (Å²) in [7, 11) is -2.53. The van der Waals surface area contributed by atoms with Crippen LogP contribution in [-0.4, -0.2) is 32.2 Å². The molecular formula is C18H19FN2O3S. The highest BCUT2D eigenvalue weighted by Gasteiger charge is 2.23. The molecule has 0 bridgehead atoms. The van der Waals surface area contributed by atoms with Crippen LogP contribution in [0.2, 0.25) is 0 Å². The van der Waals surface area contributed by atoms with Crippen molar-refractivity contribution < 1.29 is 17.6 Å². The largest absolute Gasteiger partial charge is 0.325 e. The Labute approximate surface area is 146 Å². The molecule has 25 heavy (non-hydrogen) atoms. The molecule has 1 aliphatic carbocycles. The highest BCUT2D eigenvalue weighted by atomic mass is 32.2. The molecule has 0 saturated carbocycles. The van der Waals surface area contributed by atoms with Crippen LogP contribution >= 0.6 is 0 Å². The fraction of sp³-hybridized carbons (Fsp3) is 0.278. The van der Waals surface area contributed by atoms with Gasteiger partial charge in [-0.05, 0) is 66.8 Å². The molecule has 0 unspecified atom stereocenters. The zero-order chi connectivity index (χ0) is 18.0. The van der Waals surface area contributed by atoms with Crippen molar-refractivity contribution in [1.82, 2.24) is 4.31 Å². The Morgan fingerprint density at radius 3 is 2.52 bits per heavy atom. The summed E-state index contributed by atoms with van der Waals surface area (Å²) in [6, 6.07) is 10.3. The van der Waals surface area contributed by atoms with Crippen LogP contribution in [0.5, 0.6) is 0 Å². The van der Waals surface area contributed by atoms with Gasteiger partial charge in [-0.25, -0.2) is 12.8 Å². The molecule has 0 radical (unpaired) electrons. The number of aryl methyl sites for hydroxylation is 2. The monoisotopic (exact) mass is 362 g/mol. The molecule has 5 nitrogen and oxygen atoms in total. The van der Waals surface area contributed by atoms with E-state index in [0.29, 0.717) is 5.69 Å². The average Bonchev–Trinajstić information content (AvgIpc) is 3.02. The Morgan fingerprint density at radius 2 is 1.80 bits per heavy atom. The fourth-order valence-corrected chi connectivity index (χ4v) is 4.05. The van der Waals surface area contributed by atoms with Gasteiger partial charge in [0.2, 0.25) is 15.9 Å². The van der Waals surface area contributed by atoms with Crippen LogP contribution < -0.4 is 5.32 Å². The van der Waals surface area contributed by atoms with Crippen LogP contribution in [0.15, 0.2) is 47.4 Å². The highest BCUT2D eigenvalue weighted by molar-refractivity contribution is 7.89. The minimum atomic E-state index is -3.85. The molecule has 0 heterocycles. The predicted octanol–water partition coefficient (Wildman–Crippen LogP) is 2.57. The summed E-state index contributed by atoms with van der Waals surface area (Å²) in [5.41, 5.74) is 3.19. The van der Waals surface area contributed by atoms with Gasteiger partial charge in [-0.2, -0.15) is 4.31 Å². The van der Waals surface area contributed by atoms with Crippen LogP contribution in [0.3, 0.4) is 0 Å². The van der Waals surface area contributed by atoms with Gasteiger partial charge in [-0.1, -0.05) is 6.07 Å². The van der Waals surface area contributed by atoms with Crippen molar-refractivity contribution in [1.29, 1.82) is 0 Å². The average molecular weight is 362 g/mol. The number of carbonyl (C=O) groups excluding carboxylic acids is 1. The van der Waals surface area contributed by atoms with Crippen molar-refractivity contribution in [3.63, 3.8) is 0 Å². The summed E-state index contributed by atoms with van der Waals surface area (Å²) in [6.07, 6.45) is 3.17. The summed E-state index contributed by atoms with van der Waals surface area (Å²) in [5.74, 6) is -0.943. The summed E-state index contributed by atoms with van der Waals surface area (Å²) >= 11 is 0. The summed E-state index contributed by atoms with van der Waals surface area (Å²) < 4.78 is 38.7. The Balaban J connectivity index is 1.66. The molecule has 3 rings (SSSR count). The second-order valence-corrected chi connectivity index (χ2v) is 8.15. The maximum Gasteiger partial charge on any atom is 0.243 e. The van der Waals surface area contributed by atoms with E-state index >= 15 is 0 Å². The molecular weight excluding hydrogens is 343 g/mol. The zero-order valence-electron chi connectivity index (χ0n) is 13.8. The second kappa shape index (κ2) is 6.93. The van der Waals surface area contributed by atoms with Crippen LogP contribution in [0.4, 0.5) is 10.1 Å². The predicted molar refractivity (Wildman–Crippen MR) is 93.3 cm³/mol. The molecule has 1 amide bonds. The topological polar surface area (TPSA) is 66.5 Å². The van der Waals surface area contributed by atoms with Gasteiger partial charge in [0.25, 0.3) is 0 Å². The molecule has 0 spiro atoms. The van der Waals surface area contributed by atoms with E-state index in [0.717, 1.165) is 35.7 Å². The lowest BCUT2D eigenvalue weighted by atomic mass is 10.1. The first-order valence-electron chi connectivity index (χ1n) is 8.00. The number of fused-ring (bicyclic) bond motifs is 1. The Bertz CT molecular complexity index is 895. The van der Waals surface area contributed by atoms with Crippen molar-refractivity contribution >= 4 is 21.6 Å². The van der Waals surface area contributed by atoms with Gasteiger partial charge in [-0.15, -0.1) is 0 Å². The molecule has 1 aliphatic rings. The number of sulfonamides is 1. The number of nitrogens with one attached hydrogen (secondary N) is 1. The lowest BCUT2D eigenvalue weighted by Gasteiger charge is -2.17. The molecule has 0 fully saturated rings. The number of rotatable bonds is 5. The Kier molecular flexibility index (Phi) is 4.87. The van der Waals surface area contributed by atoms with E-state index < -0.39 is 21.7 Å². The third-order valence-electron chi connectivity index (χ3n) is 4.27. The van der Waals surface area contributed by atoms with E-state index in [1.165, 1.54) is 30.3 Å². The van der Waals surface area contributed by atoms with Gasteiger partial charge < -0.3 is 5.32 Å². The van der Waals surface area contributed by atoms with E-state index in [1.54, 1.807) is 0 Å². The molecule has 0 atom stereocenters. The third kappa shape index (κ3) is 3.88. The summed E-state index contributed by atoms with van der Waals surface area (Å²) in [5, 5.41) is 2.73. The van der Waals surface area contributed by atoms with Crippen molar-refractivity contribution in [2.24, 2.45) is 0 Å². The van der Waals surface area contributed by atoms with E-state index in [1.807, 2.05) is 18.2 Å².